The monoisotopic (exact) mass is 269 g/mol. The second kappa shape index (κ2) is 7.25. The van der Waals surface area contributed by atoms with Gasteiger partial charge in [-0.2, -0.15) is 0 Å². The number of piperidine rings is 1. The summed E-state index contributed by atoms with van der Waals surface area (Å²) < 4.78 is 0. The summed E-state index contributed by atoms with van der Waals surface area (Å²) in [7, 11) is 0. The second-order valence-electron chi connectivity index (χ2n) is 6.49. The van der Waals surface area contributed by atoms with E-state index in [0.29, 0.717) is 12.1 Å². The maximum absolute atomic E-state index is 12.3. The standard InChI is InChI=1S/C15H31N3O/c1-12(2)18(13(3)4)11-10-17-14(19)15(5)6-8-16-9-7-15/h12-13,16H,6-11H2,1-5H3,(H,17,19). The number of nitrogens with one attached hydrogen (secondary N) is 2. The Morgan fingerprint density at radius 3 is 2.21 bits per heavy atom. The third-order valence-corrected chi connectivity index (χ3v) is 4.24. The van der Waals surface area contributed by atoms with Gasteiger partial charge in [0.25, 0.3) is 0 Å². The molecule has 0 spiro atoms. The van der Waals surface area contributed by atoms with Gasteiger partial charge in [0, 0.05) is 30.6 Å². The zero-order valence-electron chi connectivity index (χ0n) is 13.3. The molecule has 0 aromatic rings. The smallest absolute Gasteiger partial charge is 0.226 e. The van der Waals surface area contributed by atoms with E-state index in [4.69, 9.17) is 0 Å². The van der Waals surface area contributed by atoms with Gasteiger partial charge in [0.05, 0.1) is 0 Å². The predicted molar refractivity (Wildman–Crippen MR) is 80.2 cm³/mol. The van der Waals surface area contributed by atoms with Gasteiger partial charge >= 0.3 is 0 Å². The summed E-state index contributed by atoms with van der Waals surface area (Å²) in [4.78, 5) is 14.7. The van der Waals surface area contributed by atoms with Crippen LogP contribution in [0.2, 0.25) is 0 Å². The number of amides is 1. The molecule has 19 heavy (non-hydrogen) atoms. The number of hydrogen-bond donors (Lipinski definition) is 2. The van der Waals surface area contributed by atoms with E-state index >= 15 is 0 Å². The molecule has 1 saturated heterocycles. The summed E-state index contributed by atoms with van der Waals surface area (Å²) in [6.45, 7) is 14.5. The highest BCUT2D eigenvalue weighted by Gasteiger charge is 2.34. The lowest BCUT2D eigenvalue weighted by atomic mass is 9.80. The lowest BCUT2D eigenvalue weighted by Crippen LogP contribution is -2.48. The van der Waals surface area contributed by atoms with Crippen LogP contribution in [-0.2, 0) is 4.79 Å². The largest absolute Gasteiger partial charge is 0.354 e. The van der Waals surface area contributed by atoms with Crippen molar-refractivity contribution in [3.05, 3.63) is 0 Å². The average Bonchev–Trinajstić information content (AvgIpc) is 2.34. The normalized spacial score (nSPS) is 19.2. The summed E-state index contributed by atoms with van der Waals surface area (Å²) in [5, 5.41) is 6.44. The van der Waals surface area contributed by atoms with E-state index in [1.807, 2.05) is 0 Å². The van der Waals surface area contributed by atoms with Crippen LogP contribution in [0.1, 0.15) is 47.5 Å². The van der Waals surface area contributed by atoms with Gasteiger partial charge in [0.15, 0.2) is 0 Å². The van der Waals surface area contributed by atoms with E-state index in [2.05, 4.69) is 50.2 Å². The Bertz CT molecular complexity index is 275. The highest BCUT2D eigenvalue weighted by atomic mass is 16.2. The van der Waals surface area contributed by atoms with Crippen molar-refractivity contribution in [1.82, 2.24) is 15.5 Å². The molecule has 0 unspecified atom stereocenters. The van der Waals surface area contributed by atoms with Gasteiger partial charge < -0.3 is 10.6 Å². The Hall–Kier alpha value is -0.610. The number of carbonyl (C=O) groups is 1. The minimum atomic E-state index is -0.175. The van der Waals surface area contributed by atoms with Gasteiger partial charge in [0.2, 0.25) is 5.91 Å². The average molecular weight is 269 g/mol. The van der Waals surface area contributed by atoms with Crippen LogP contribution in [0.5, 0.6) is 0 Å². The first-order valence-electron chi connectivity index (χ1n) is 7.61. The molecule has 1 amide bonds. The molecule has 0 aliphatic carbocycles. The molecule has 4 nitrogen and oxygen atoms in total. The molecule has 1 heterocycles. The molecule has 0 radical (unpaired) electrons. The molecule has 1 rings (SSSR count). The molecule has 0 atom stereocenters. The van der Waals surface area contributed by atoms with Gasteiger partial charge in [-0.1, -0.05) is 6.92 Å². The van der Waals surface area contributed by atoms with E-state index in [0.717, 1.165) is 39.0 Å². The molecule has 0 saturated carbocycles. The van der Waals surface area contributed by atoms with Crippen LogP contribution >= 0.6 is 0 Å². The maximum atomic E-state index is 12.3. The molecule has 0 bridgehead atoms. The molecular formula is C15H31N3O. The predicted octanol–water partition coefficient (Wildman–Crippen LogP) is 1.61. The van der Waals surface area contributed by atoms with Gasteiger partial charge in [-0.3, -0.25) is 9.69 Å². The molecule has 1 aliphatic heterocycles. The fourth-order valence-corrected chi connectivity index (χ4v) is 2.83. The first-order chi connectivity index (χ1) is 8.87. The van der Waals surface area contributed by atoms with Gasteiger partial charge in [-0.15, -0.1) is 0 Å². The van der Waals surface area contributed by atoms with Crippen molar-refractivity contribution in [3.63, 3.8) is 0 Å². The Balaban J connectivity index is 2.37. The first-order valence-corrected chi connectivity index (χ1v) is 7.61. The highest BCUT2D eigenvalue weighted by molar-refractivity contribution is 5.82. The number of rotatable bonds is 6. The van der Waals surface area contributed by atoms with Crippen molar-refractivity contribution in [3.8, 4) is 0 Å². The molecule has 2 N–H and O–H groups in total. The van der Waals surface area contributed by atoms with Crippen LogP contribution in [-0.4, -0.2) is 49.1 Å². The minimum absolute atomic E-state index is 0.175. The molecule has 1 fully saturated rings. The summed E-state index contributed by atoms with van der Waals surface area (Å²) in [5.41, 5.74) is -0.175. The number of carbonyl (C=O) groups excluding carboxylic acids is 1. The fraction of sp³-hybridized carbons (Fsp3) is 0.933. The second-order valence-corrected chi connectivity index (χ2v) is 6.49. The third kappa shape index (κ3) is 4.77. The van der Waals surface area contributed by atoms with Crippen LogP contribution in [0.4, 0.5) is 0 Å². The van der Waals surface area contributed by atoms with E-state index in [9.17, 15) is 4.79 Å². The fourth-order valence-electron chi connectivity index (χ4n) is 2.83. The third-order valence-electron chi connectivity index (χ3n) is 4.24. The van der Waals surface area contributed by atoms with Crippen LogP contribution in [0.15, 0.2) is 0 Å². The van der Waals surface area contributed by atoms with Crippen molar-refractivity contribution in [2.45, 2.75) is 59.5 Å². The summed E-state index contributed by atoms with van der Waals surface area (Å²) in [5.74, 6) is 0.224. The molecule has 1 aliphatic rings. The molecule has 112 valence electrons. The Morgan fingerprint density at radius 2 is 1.74 bits per heavy atom. The SMILES string of the molecule is CC(C)N(CCNC(=O)C1(C)CCNCC1)C(C)C. The van der Waals surface area contributed by atoms with Crippen molar-refractivity contribution in [1.29, 1.82) is 0 Å². The van der Waals surface area contributed by atoms with Crippen LogP contribution < -0.4 is 10.6 Å². The van der Waals surface area contributed by atoms with Crippen molar-refractivity contribution in [2.24, 2.45) is 5.41 Å². The topological polar surface area (TPSA) is 44.4 Å². The lowest BCUT2D eigenvalue weighted by molar-refractivity contribution is -0.131. The minimum Gasteiger partial charge on any atom is -0.354 e. The van der Waals surface area contributed by atoms with Crippen LogP contribution in [0.25, 0.3) is 0 Å². The van der Waals surface area contributed by atoms with Gasteiger partial charge in [-0.25, -0.2) is 0 Å². The Kier molecular flexibility index (Phi) is 6.27. The Morgan fingerprint density at radius 1 is 1.21 bits per heavy atom. The van der Waals surface area contributed by atoms with Crippen LogP contribution in [0.3, 0.4) is 0 Å². The Labute approximate surface area is 118 Å². The highest BCUT2D eigenvalue weighted by Crippen LogP contribution is 2.27. The van der Waals surface area contributed by atoms with E-state index in [1.165, 1.54) is 0 Å². The van der Waals surface area contributed by atoms with Crippen molar-refractivity contribution < 1.29 is 4.79 Å². The summed E-state index contributed by atoms with van der Waals surface area (Å²) >= 11 is 0. The van der Waals surface area contributed by atoms with Crippen molar-refractivity contribution >= 4 is 5.91 Å². The van der Waals surface area contributed by atoms with Crippen molar-refractivity contribution in [2.75, 3.05) is 26.2 Å². The number of nitrogens with zero attached hydrogens (tertiary/aromatic N) is 1. The molecular weight excluding hydrogens is 238 g/mol. The van der Waals surface area contributed by atoms with Crippen LogP contribution in [0, 0.1) is 5.41 Å². The van der Waals surface area contributed by atoms with Gasteiger partial charge in [0.1, 0.15) is 0 Å². The van der Waals surface area contributed by atoms with E-state index < -0.39 is 0 Å². The lowest BCUT2D eigenvalue weighted by Gasteiger charge is -2.34. The van der Waals surface area contributed by atoms with E-state index in [1.54, 1.807) is 0 Å². The first kappa shape index (κ1) is 16.4. The summed E-state index contributed by atoms with van der Waals surface area (Å²) in [6.07, 6.45) is 1.88. The summed E-state index contributed by atoms with van der Waals surface area (Å²) in [6, 6.07) is 1.04. The molecule has 0 aromatic heterocycles. The zero-order chi connectivity index (χ0) is 14.5. The molecule has 4 heteroatoms. The quantitative estimate of drug-likeness (QED) is 0.770. The zero-order valence-corrected chi connectivity index (χ0v) is 13.3. The maximum Gasteiger partial charge on any atom is 0.226 e. The number of hydrogen-bond acceptors (Lipinski definition) is 3. The molecule has 0 aromatic carbocycles. The van der Waals surface area contributed by atoms with E-state index in [-0.39, 0.29) is 11.3 Å². The van der Waals surface area contributed by atoms with Gasteiger partial charge in [-0.05, 0) is 53.6 Å².